The summed E-state index contributed by atoms with van der Waals surface area (Å²) in [5.74, 6) is -1.04. The van der Waals surface area contributed by atoms with E-state index in [9.17, 15) is 23.1 Å². The molecular formula is C24H29F3O4. The third-order valence-corrected chi connectivity index (χ3v) is 4.68. The zero-order chi connectivity index (χ0) is 23.2. The number of ether oxygens (including phenoxy) is 2. The number of rotatable bonds is 8. The molecule has 0 bridgehead atoms. The molecule has 0 amide bonds. The summed E-state index contributed by atoms with van der Waals surface area (Å²) in [6.07, 6.45) is -3.20. The van der Waals surface area contributed by atoms with Gasteiger partial charge in [0.05, 0.1) is 11.7 Å². The lowest BCUT2D eigenvalue weighted by Crippen LogP contribution is -2.23. The van der Waals surface area contributed by atoms with Gasteiger partial charge in [-0.3, -0.25) is 0 Å². The van der Waals surface area contributed by atoms with Crippen LogP contribution in [0.2, 0.25) is 0 Å². The van der Waals surface area contributed by atoms with Crippen LogP contribution in [-0.2, 0) is 4.74 Å². The number of carbonyl (C=O) groups is 1. The maximum absolute atomic E-state index is 12.4. The number of carbonyl (C=O) groups excluding carboxylic acids is 1. The van der Waals surface area contributed by atoms with Gasteiger partial charge in [0, 0.05) is 5.92 Å². The molecule has 0 aliphatic rings. The van der Waals surface area contributed by atoms with Crippen molar-refractivity contribution in [2.45, 2.75) is 70.9 Å². The second kappa shape index (κ2) is 10.2. The Hall–Kier alpha value is -2.54. The second-order valence-corrected chi connectivity index (χ2v) is 8.43. The fourth-order valence-electron chi connectivity index (χ4n) is 3.23. The zero-order valence-corrected chi connectivity index (χ0v) is 18.2. The standard InChI is InChI=1S/C24H29F3O4/c1-5-6-7-20(16-8-10-18(11-9-16)22(29)31-23(2,3)4)21(28)17-12-14-19(15-13-17)30-24(25,26)27/h8-15,20-21,28H,5-7H2,1-4H3/t20-,21+/m1/s1. The highest BCUT2D eigenvalue weighted by Crippen LogP contribution is 2.36. The molecule has 0 saturated carbocycles. The summed E-state index contributed by atoms with van der Waals surface area (Å²) in [4.78, 5) is 12.2. The molecule has 0 saturated heterocycles. The monoisotopic (exact) mass is 438 g/mol. The minimum absolute atomic E-state index is 0.276. The quantitative estimate of drug-likeness (QED) is 0.475. The smallest absolute Gasteiger partial charge is 0.456 e. The van der Waals surface area contributed by atoms with E-state index in [1.165, 1.54) is 24.3 Å². The van der Waals surface area contributed by atoms with E-state index in [0.717, 1.165) is 18.4 Å². The van der Waals surface area contributed by atoms with Crippen molar-refractivity contribution in [3.8, 4) is 5.75 Å². The lowest BCUT2D eigenvalue weighted by molar-refractivity contribution is -0.274. The van der Waals surface area contributed by atoms with Crippen LogP contribution in [0.5, 0.6) is 5.75 Å². The van der Waals surface area contributed by atoms with Gasteiger partial charge in [-0.25, -0.2) is 4.79 Å². The van der Waals surface area contributed by atoms with E-state index in [4.69, 9.17) is 4.74 Å². The highest BCUT2D eigenvalue weighted by Gasteiger charge is 2.31. The first-order valence-electron chi connectivity index (χ1n) is 10.3. The number of hydrogen-bond acceptors (Lipinski definition) is 4. The van der Waals surface area contributed by atoms with Gasteiger partial charge in [0.15, 0.2) is 0 Å². The summed E-state index contributed by atoms with van der Waals surface area (Å²) >= 11 is 0. The lowest BCUT2D eigenvalue weighted by Gasteiger charge is -2.24. The van der Waals surface area contributed by atoms with Crippen molar-refractivity contribution in [2.75, 3.05) is 0 Å². The molecular weight excluding hydrogens is 409 g/mol. The topological polar surface area (TPSA) is 55.8 Å². The van der Waals surface area contributed by atoms with Crippen molar-refractivity contribution in [2.24, 2.45) is 0 Å². The molecule has 0 radical (unpaired) electrons. The SMILES string of the molecule is CCCC[C@H](c1ccc(C(=O)OC(C)(C)C)cc1)[C@@H](O)c1ccc(OC(F)(F)F)cc1. The van der Waals surface area contributed by atoms with Crippen molar-refractivity contribution >= 4 is 5.97 Å². The van der Waals surface area contributed by atoms with Gasteiger partial charge in [0.2, 0.25) is 0 Å². The third-order valence-electron chi connectivity index (χ3n) is 4.68. The number of alkyl halides is 3. The minimum atomic E-state index is -4.76. The zero-order valence-electron chi connectivity index (χ0n) is 18.2. The van der Waals surface area contributed by atoms with Crippen LogP contribution in [0.4, 0.5) is 13.2 Å². The van der Waals surface area contributed by atoms with Gasteiger partial charge in [0.25, 0.3) is 0 Å². The highest BCUT2D eigenvalue weighted by molar-refractivity contribution is 5.89. The van der Waals surface area contributed by atoms with Crippen LogP contribution in [0.1, 0.15) is 80.5 Å². The Morgan fingerprint density at radius 2 is 1.52 bits per heavy atom. The van der Waals surface area contributed by atoms with Gasteiger partial charge in [-0.05, 0) is 62.6 Å². The molecule has 0 spiro atoms. The largest absolute Gasteiger partial charge is 0.573 e. The van der Waals surface area contributed by atoms with E-state index in [1.54, 1.807) is 45.0 Å². The van der Waals surface area contributed by atoms with Crippen LogP contribution in [0, 0.1) is 0 Å². The molecule has 2 atom stereocenters. The van der Waals surface area contributed by atoms with Crippen LogP contribution >= 0.6 is 0 Å². The molecule has 2 rings (SSSR count). The summed E-state index contributed by atoms with van der Waals surface area (Å²) in [5.41, 5.74) is 1.14. The van der Waals surface area contributed by atoms with Gasteiger partial charge in [-0.1, -0.05) is 44.0 Å². The van der Waals surface area contributed by atoms with E-state index in [0.29, 0.717) is 17.5 Å². The lowest BCUT2D eigenvalue weighted by atomic mass is 9.85. The average molecular weight is 438 g/mol. The predicted molar refractivity (Wildman–Crippen MR) is 112 cm³/mol. The molecule has 0 heterocycles. The van der Waals surface area contributed by atoms with Crippen LogP contribution in [0.3, 0.4) is 0 Å². The second-order valence-electron chi connectivity index (χ2n) is 8.43. The molecule has 0 fully saturated rings. The molecule has 2 aromatic carbocycles. The molecule has 0 aromatic heterocycles. The molecule has 170 valence electrons. The molecule has 4 nitrogen and oxygen atoms in total. The first-order valence-corrected chi connectivity index (χ1v) is 10.3. The van der Waals surface area contributed by atoms with Gasteiger partial charge in [-0.15, -0.1) is 13.2 Å². The molecule has 0 aliphatic heterocycles. The Kier molecular flexibility index (Phi) is 8.12. The van der Waals surface area contributed by atoms with E-state index in [2.05, 4.69) is 4.74 Å². The average Bonchev–Trinajstić information content (AvgIpc) is 2.66. The number of esters is 1. The molecule has 7 heteroatoms. The van der Waals surface area contributed by atoms with Crippen molar-refractivity contribution < 1.29 is 32.5 Å². The first-order chi connectivity index (χ1) is 14.4. The minimum Gasteiger partial charge on any atom is -0.456 e. The van der Waals surface area contributed by atoms with E-state index >= 15 is 0 Å². The molecule has 2 aromatic rings. The van der Waals surface area contributed by atoms with Crippen molar-refractivity contribution in [3.05, 3.63) is 65.2 Å². The summed E-state index contributed by atoms with van der Waals surface area (Å²) in [5, 5.41) is 11.0. The molecule has 1 N–H and O–H groups in total. The fraction of sp³-hybridized carbons (Fsp3) is 0.458. The summed E-state index contributed by atoms with van der Waals surface area (Å²) in [6, 6.07) is 12.1. The van der Waals surface area contributed by atoms with E-state index in [1.807, 2.05) is 6.92 Å². The number of halogens is 3. The molecule has 0 unspecified atom stereocenters. The summed E-state index contributed by atoms with van der Waals surface area (Å²) in [6.45, 7) is 7.42. The van der Waals surface area contributed by atoms with Gasteiger partial charge < -0.3 is 14.6 Å². The Bertz CT molecular complexity index is 837. The number of benzene rings is 2. The highest BCUT2D eigenvalue weighted by atomic mass is 19.4. The van der Waals surface area contributed by atoms with Gasteiger partial charge in [0.1, 0.15) is 11.4 Å². The Balaban J connectivity index is 2.21. The Morgan fingerprint density at radius 3 is 2.00 bits per heavy atom. The van der Waals surface area contributed by atoms with Gasteiger partial charge >= 0.3 is 12.3 Å². The Labute approximate surface area is 181 Å². The molecule has 0 aliphatic carbocycles. The normalized spacial score (nSPS) is 14.1. The maximum atomic E-state index is 12.4. The van der Waals surface area contributed by atoms with Crippen LogP contribution in [0.25, 0.3) is 0 Å². The van der Waals surface area contributed by atoms with Crippen molar-refractivity contribution in [1.29, 1.82) is 0 Å². The van der Waals surface area contributed by atoms with Crippen LogP contribution in [0.15, 0.2) is 48.5 Å². The summed E-state index contributed by atoms with van der Waals surface area (Å²) < 4.78 is 46.4. The van der Waals surface area contributed by atoms with Crippen molar-refractivity contribution in [1.82, 2.24) is 0 Å². The van der Waals surface area contributed by atoms with Crippen molar-refractivity contribution in [3.63, 3.8) is 0 Å². The maximum Gasteiger partial charge on any atom is 0.573 e. The van der Waals surface area contributed by atoms with Crippen LogP contribution in [-0.4, -0.2) is 23.0 Å². The fourth-order valence-corrected chi connectivity index (χ4v) is 3.23. The van der Waals surface area contributed by atoms with Gasteiger partial charge in [-0.2, -0.15) is 0 Å². The predicted octanol–water partition coefficient (Wildman–Crippen LogP) is 6.55. The van der Waals surface area contributed by atoms with E-state index in [-0.39, 0.29) is 11.7 Å². The third kappa shape index (κ3) is 7.90. The Morgan fingerprint density at radius 1 is 0.968 bits per heavy atom. The number of aliphatic hydroxyl groups excluding tert-OH is 1. The number of hydrogen-bond donors (Lipinski definition) is 1. The number of aliphatic hydroxyl groups is 1. The van der Waals surface area contributed by atoms with E-state index < -0.39 is 24.0 Å². The number of unbranched alkanes of at least 4 members (excludes halogenated alkanes) is 1. The first kappa shape index (κ1) is 24.7. The molecule has 31 heavy (non-hydrogen) atoms. The van der Waals surface area contributed by atoms with Crippen LogP contribution < -0.4 is 4.74 Å². The summed E-state index contributed by atoms with van der Waals surface area (Å²) in [7, 11) is 0.